The standard InChI is InChI=1S/C12H15N3S/c1-10-4-2-3-5-11(10)6-7-13-8-12-9-16-15-14-12/h2-5,9,13H,6-8H2,1H3. The molecule has 0 bridgehead atoms. The van der Waals surface area contributed by atoms with Crippen molar-refractivity contribution >= 4 is 11.5 Å². The van der Waals surface area contributed by atoms with E-state index in [0.29, 0.717) is 0 Å². The molecule has 3 nitrogen and oxygen atoms in total. The van der Waals surface area contributed by atoms with Gasteiger partial charge in [0, 0.05) is 11.9 Å². The van der Waals surface area contributed by atoms with E-state index in [1.165, 1.54) is 22.7 Å². The molecule has 0 aliphatic rings. The van der Waals surface area contributed by atoms with E-state index in [2.05, 4.69) is 46.1 Å². The molecule has 1 aromatic carbocycles. The van der Waals surface area contributed by atoms with Crippen LogP contribution in [0.4, 0.5) is 0 Å². The first kappa shape index (κ1) is 11.2. The van der Waals surface area contributed by atoms with Crippen molar-refractivity contribution < 1.29 is 0 Å². The number of hydrogen-bond donors (Lipinski definition) is 1. The number of nitrogens with zero attached hydrogens (tertiary/aromatic N) is 2. The molecule has 16 heavy (non-hydrogen) atoms. The number of aryl methyl sites for hydroxylation is 1. The zero-order valence-corrected chi connectivity index (χ0v) is 10.1. The predicted molar refractivity (Wildman–Crippen MR) is 66.5 cm³/mol. The minimum Gasteiger partial charge on any atom is -0.311 e. The lowest BCUT2D eigenvalue weighted by Crippen LogP contribution is -2.17. The molecule has 0 aliphatic heterocycles. The predicted octanol–water partition coefficient (Wildman–Crippen LogP) is 2.18. The summed E-state index contributed by atoms with van der Waals surface area (Å²) in [6.07, 6.45) is 1.06. The van der Waals surface area contributed by atoms with Crippen molar-refractivity contribution in [1.29, 1.82) is 0 Å². The molecule has 0 unspecified atom stereocenters. The molecule has 0 saturated heterocycles. The highest BCUT2D eigenvalue weighted by molar-refractivity contribution is 7.03. The van der Waals surface area contributed by atoms with Gasteiger partial charge in [-0.25, -0.2) is 0 Å². The van der Waals surface area contributed by atoms with Gasteiger partial charge in [0.25, 0.3) is 0 Å². The Labute approximate surface area is 99.7 Å². The summed E-state index contributed by atoms with van der Waals surface area (Å²) in [5.41, 5.74) is 3.79. The van der Waals surface area contributed by atoms with Gasteiger partial charge in [-0.1, -0.05) is 28.8 Å². The van der Waals surface area contributed by atoms with Gasteiger partial charge in [-0.15, -0.1) is 5.10 Å². The maximum Gasteiger partial charge on any atom is 0.0893 e. The van der Waals surface area contributed by atoms with Crippen molar-refractivity contribution in [3.05, 3.63) is 46.5 Å². The first-order valence-electron chi connectivity index (χ1n) is 5.37. The smallest absolute Gasteiger partial charge is 0.0893 e. The van der Waals surface area contributed by atoms with Crippen LogP contribution in [0.15, 0.2) is 29.6 Å². The van der Waals surface area contributed by atoms with Gasteiger partial charge in [-0.05, 0) is 42.5 Å². The molecule has 2 aromatic rings. The van der Waals surface area contributed by atoms with Crippen LogP contribution in [0.2, 0.25) is 0 Å². The molecule has 1 N–H and O–H groups in total. The van der Waals surface area contributed by atoms with E-state index >= 15 is 0 Å². The van der Waals surface area contributed by atoms with Gasteiger partial charge in [-0.2, -0.15) is 0 Å². The van der Waals surface area contributed by atoms with Crippen LogP contribution in [0.1, 0.15) is 16.8 Å². The monoisotopic (exact) mass is 233 g/mol. The summed E-state index contributed by atoms with van der Waals surface area (Å²) in [7, 11) is 0. The average molecular weight is 233 g/mol. The molecular weight excluding hydrogens is 218 g/mol. The normalized spacial score (nSPS) is 10.6. The van der Waals surface area contributed by atoms with E-state index < -0.39 is 0 Å². The zero-order chi connectivity index (χ0) is 11.2. The highest BCUT2D eigenvalue weighted by Gasteiger charge is 1.98. The summed E-state index contributed by atoms with van der Waals surface area (Å²) < 4.78 is 3.82. The SMILES string of the molecule is Cc1ccccc1CCNCc1csnn1. The third-order valence-electron chi connectivity index (χ3n) is 2.54. The lowest BCUT2D eigenvalue weighted by Gasteiger charge is -2.05. The summed E-state index contributed by atoms with van der Waals surface area (Å²) >= 11 is 1.40. The first-order valence-corrected chi connectivity index (χ1v) is 6.21. The Morgan fingerprint density at radius 1 is 1.31 bits per heavy atom. The van der Waals surface area contributed by atoms with Crippen molar-refractivity contribution in [1.82, 2.24) is 14.9 Å². The van der Waals surface area contributed by atoms with Crippen LogP contribution in [0, 0.1) is 6.92 Å². The van der Waals surface area contributed by atoms with Crippen molar-refractivity contribution in [2.45, 2.75) is 19.9 Å². The van der Waals surface area contributed by atoms with E-state index in [1.807, 2.05) is 5.38 Å². The second-order valence-corrected chi connectivity index (χ2v) is 4.36. The van der Waals surface area contributed by atoms with E-state index in [9.17, 15) is 0 Å². The van der Waals surface area contributed by atoms with E-state index in [1.54, 1.807) is 0 Å². The molecule has 0 atom stereocenters. The van der Waals surface area contributed by atoms with Crippen molar-refractivity contribution in [2.75, 3.05) is 6.54 Å². The topological polar surface area (TPSA) is 37.8 Å². The van der Waals surface area contributed by atoms with Crippen molar-refractivity contribution in [3.63, 3.8) is 0 Å². The van der Waals surface area contributed by atoms with E-state index in [0.717, 1.165) is 25.2 Å². The van der Waals surface area contributed by atoms with Gasteiger partial charge in [0.15, 0.2) is 0 Å². The van der Waals surface area contributed by atoms with Crippen LogP contribution < -0.4 is 5.32 Å². The van der Waals surface area contributed by atoms with Gasteiger partial charge in [0.05, 0.1) is 5.69 Å². The second kappa shape index (κ2) is 5.72. The quantitative estimate of drug-likeness (QED) is 0.804. The molecule has 1 aromatic heterocycles. The third kappa shape index (κ3) is 3.12. The number of hydrogen-bond acceptors (Lipinski definition) is 4. The van der Waals surface area contributed by atoms with Gasteiger partial charge in [0.2, 0.25) is 0 Å². The van der Waals surface area contributed by atoms with Gasteiger partial charge < -0.3 is 5.32 Å². The minimum absolute atomic E-state index is 0.808. The van der Waals surface area contributed by atoms with Gasteiger partial charge in [0.1, 0.15) is 0 Å². The zero-order valence-electron chi connectivity index (χ0n) is 9.31. The molecule has 84 valence electrons. The third-order valence-corrected chi connectivity index (χ3v) is 3.10. The lowest BCUT2D eigenvalue weighted by molar-refractivity contribution is 0.672. The Bertz CT molecular complexity index is 426. The van der Waals surface area contributed by atoms with E-state index in [4.69, 9.17) is 0 Å². The summed E-state index contributed by atoms with van der Waals surface area (Å²) in [6, 6.07) is 8.50. The number of aromatic nitrogens is 2. The number of nitrogens with one attached hydrogen (secondary N) is 1. The van der Waals surface area contributed by atoms with Crippen LogP contribution in [0.5, 0.6) is 0 Å². The highest BCUT2D eigenvalue weighted by Crippen LogP contribution is 2.06. The number of rotatable bonds is 5. The molecule has 0 saturated carbocycles. The molecular formula is C12H15N3S. The summed E-state index contributed by atoms with van der Waals surface area (Å²) in [4.78, 5) is 0. The highest BCUT2D eigenvalue weighted by atomic mass is 32.1. The molecule has 1 heterocycles. The molecule has 0 radical (unpaired) electrons. The Morgan fingerprint density at radius 2 is 2.19 bits per heavy atom. The number of benzene rings is 1. The maximum atomic E-state index is 3.98. The summed E-state index contributed by atoms with van der Waals surface area (Å²) in [6.45, 7) is 3.93. The largest absolute Gasteiger partial charge is 0.311 e. The summed E-state index contributed by atoms with van der Waals surface area (Å²) in [5.74, 6) is 0. The van der Waals surface area contributed by atoms with Crippen molar-refractivity contribution in [3.8, 4) is 0 Å². The molecule has 0 aliphatic carbocycles. The van der Waals surface area contributed by atoms with Gasteiger partial charge >= 0.3 is 0 Å². The Hall–Kier alpha value is -1.26. The molecule has 0 spiro atoms. The fraction of sp³-hybridized carbons (Fsp3) is 0.333. The minimum atomic E-state index is 0.808. The molecule has 4 heteroatoms. The average Bonchev–Trinajstić information content (AvgIpc) is 2.79. The summed E-state index contributed by atoms with van der Waals surface area (Å²) in [5, 5.41) is 9.33. The second-order valence-electron chi connectivity index (χ2n) is 3.75. The van der Waals surface area contributed by atoms with Crippen LogP contribution in [0.25, 0.3) is 0 Å². The molecule has 0 amide bonds. The maximum absolute atomic E-state index is 3.98. The van der Waals surface area contributed by atoms with E-state index in [-0.39, 0.29) is 0 Å². The Balaban J connectivity index is 1.74. The lowest BCUT2D eigenvalue weighted by atomic mass is 10.1. The van der Waals surface area contributed by atoms with Gasteiger partial charge in [-0.3, -0.25) is 0 Å². The van der Waals surface area contributed by atoms with Crippen LogP contribution in [-0.2, 0) is 13.0 Å². The molecule has 2 rings (SSSR count). The Morgan fingerprint density at radius 3 is 2.94 bits per heavy atom. The first-order chi connectivity index (χ1) is 7.86. The van der Waals surface area contributed by atoms with Crippen LogP contribution in [0.3, 0.4) is 0 Å². The molecule has 0 fully saturated rings. The van der Waals surface area contributed by atoms with Crippen LogP contribution in [-0.4, -0.2) is 16.1 Å². The Kier molecular flexibility index (Phi) is 4.02. The van der Waals surface area contributed by atoms with Crippen LogP contribution >= 0.6 is 11.5 Å². The fourth-order valence-corrected chi connectivity index (χ4v) is 2.04. The van der Waals surface area contributed by atoms with Crippen molar-refractivity contribution in [2.24, 2.45) is 0 Å². The fourth-order valence-electron chi connectivity index (χ4n) is 1.59.